The van der Waals surface area contributed by atoms with Crippen LogP contribution in [0, 0.1) is 23.0 Å². The summed E-state index contributed by atoms with van der Waals surface area (Å²) < 4.78 is 0. The minimum atomic E-state index is -0.488. The Morgan fingerprint density at radius 3 is 2.57 bits per heavy atom. The van der Waals surface area contributed by atoms with E-state index in [4.69, 9.17) is 5.11 Å². The van der Waals surface area contributed by atoms with Crippen LogP contribution in [-0.2, 0) is 0 Å². The van der Waals surface area contributed by atoms with Gasteiger partial charge in [-0.25, -0.2) is 4.98 Å². The molecule has 1 rings (SSSR count). The summed E-state index contributed by atoms with van der Waals surface area (Å²) >= 11 is 0. The SMILES string of the molecule is CCCNc1nc(C)c([N+](=O)[O-])c(NC(C)C(C)CO)n1. The molecule has 0 aliphatic heterocycles. The summed E-state index contributed by atoms with van der Waals surface area (Å²) in [5, 5.41) is 26.4. The van der Waals surface area contributed by atoms with E-state index in [1.54, 1.807) is 6.92 Å². The van der Waals surface area contributed by atoms with Gasteiger partial charge in [0.25, 0.3) is 0 Å². The maximum atomic E-state index is 11.2. The van der Waals surface area contributed by atoms with E-state index in [1.807, 2.05) is 20.8 Å². The number of nitrogens with zero attached hydrogens (tertiary/aromatic N) is 3. The molecule has 0 aromatic carbocycles. The van der Waals surface area contributed by atoms with E-state index in [0.29, 0.717) is 18.2 Å². The largest absolute Gasteiger partial charge is 0.396 e. The molecule has 1 aromatic heterocycles. The summed E-state index contributed by atoms with van der Waals surface area (Å²) in [4.78, 5) is 19.0. The zero-order chi connectivity index (χ0) is 16.0. The van der Waals surface area contributed by atoms with Crippen molar-refractivity contribution in [2.45, 2.75) is 40.2 Å². The molecule has 2 unspecified atom stereocenters. The Bertz CT molecular complexity index is 495. The van der Waals surface area contributed by atoms with Crippen LogP contribution >= 0.6 is 0 Å². The van der Waals surface area contributed by atoms with Gasteiger partial charge >= 0.3 is 5.69 Å². The summed E-state index contributed by atoms with van der Waals surface area (Å²) in [6.45, 7) is 7.99. The minimum absolute atomic E-state index is 0.00697. The number of anilines is 2. The highest BCUT2D eigenvalue weighted by Crippen LogP contribution is 2.27. The lowest BCUT2D eigenvalue weighted by Crippen LogP contribution is -2.27. The third-order valence-corrected chi connectivity index (χ3v) is 3.28. The van der Waals surface area contributed by atoms with Crippen molar-refractivity contribution in [2.24, 2.45) is 5.92 Å². The summed E-state index contributed by atoms with van der Waals surface area (Å²) in [7, 11) is 0. The summed E-state index contributed by atoms with van der Waals surface area (Å²) in [6.07, 6.45) is 0.903. The molecule has 1 aromatic rings. The molecular formula is C13H23N5O3. The molecule has 0 aliphatic rings. The molecule has 0 spiro atoms. The topological polar surface area (TPSA) is 113 Å². The van der Waals surface area contributed by atoms with Gasteiger partial charge in [0.2, 0.25) is 11.8 Å². The highest BCUT2D eigenvalue weighted by molar-refractivity contribution is 5.61. The number of nitro groups is 1. The predicted molar refractivity (Wildman–Crippen MR) is 81.5 cm³/mol. The van der Waals surface area contributed by atoms with Crippen LogP contribution in [0.5, 0.6) is 0 Å². The number of nitrogens with one attached hydrogen (secondary N) is 2. The average Bonchev–Trinajstić information content (AvgIpc) is 2.43. The van der Waals surface area contributed by atoms with E-state index in [9.17, 15) is 10.1 Å². The molecule has 118 valence electrons. The number of aryl methyl sites for hydroxylation is 1. The molecule has 8 nitrogen and oxygen atoms in total. The second kappa shape index (κ2) is 7.72. The van der Waals surface area contributed by atoms with Gasteiger partial charge in [-0.15, -0.1) is 0 Å². The standard InChI is InChI=1S/C13H23N5O3/c1-5-6-14-13-16-10(4)11(18(20)21)12(17-13)15-9(3)8(2)7-19/h8-9,19H,5-7H2,1-4H3,(H2,14,15,16,17). The molecular weight excluding hydrogens is 274 g/mol. The van der Waals surface area contributed by atoms with E-state index in [0.717, 1.165) is 6.42 Å². The molecule has 0 fully saturated rings. The number of hydrogen-bond donors (Lipinski definition) is 3. The van der Waals surface area contributed by atoms with Gasteiger partial charge in [-0.1, -0.05) is 13.8 Å². The van der Waals surface area contributed by atoms with Gasteiger partial charge in [0.1, 0.15) is 5.69 Å². The fourth-order valence-corrected chi connectivity index (χ4v) is 1.72. The molecule has 0 aliphatic carbocycles. The van der Waals surface area contributed by atoms with Crippen molar-refractivity contribution in [1.29, 1.82) is 0 Å². The molecule has 0 radical (unpaired) electrons. The molecule has 3 N–H and O–H groups in total. The Morgan fingerprint density at radius 2 is 2.05 bits per heavy atom. The van der Waals surface area contributed by atoms with Crippen LogP contribution in [0.2, 0.25) is 0 Å². The Balaban J connectivity index is 3.12. The van der Waals surface area contributed by atoms with Crippen LogP contribution in [0.4, 0.5) is 17.5 Å². The monoisotopic (exact) mass is 297 g/mol. The average molecular weight is 297 g/mol. The Labute approximate surface area is 124 Å². The van der Waals surface area contributed by atoms with Gasteiger partial charge in [-0.3, -0.25) is 10.1 Å². The lowest BCUT2D eigenvalue weighted by atomic mass is 10.1. The summed E-state index contributed by atoms with van der Waals surface area (Å²) in [6, 6.07) is -0.151. The fourth-order valence-electron chi connectivity index (χ4n) is 1.72. The maximum Gasteiger partial charge on any atom is 0.332 e. The smallest absolute Gasteiger partial charge is 0.332 e. The normalized spacial score (nSPS) is 13.6. The molecule has 21 heavy (non-hydrogen) atoms. The quantitative estimate of drug-likeness (QED) is 0.496. The number of rotatable bonds is 8. The van der Waals surface area contributed by atoms with Crippen molar-refractivity contribution in [2.75, 3.05) is 23.8 Å². The second-order valence-electron chi connectivity index (χ2n) is 5.11. The maximum absolute atomic E-state index is 11.2. The highest BCUT2D eigenvalue weighted by Gasteiger charge is 2.24. The third kappa shape index (κ3) is 4.52. The Morgan fingerprint density at radius 1 is 1.38 bits per heavy atom. The molecule has 0 bridgehead atoms. The first-order valence-corrected chi connectivity index (χ1v) is 7.05. The summed E-state index contributed by atoms with van der Waals surface area (Å²) in [5.74, 6) is 0.497. The Kier molecular flexibility index (Phi) is 6.29. The molecule has 8 heteroatoms. The molecule has 0 saturated carbocycles. The van der Waals surface area contributed by atoms with Crippen molar-refractivity contribution in [3.05, 3.63) is 15.8 Å². The van der Waals surface area contributed by atoms with Crippen molar-refractivity contribution in [3.8, 4) is 0 Å². The van der Waals surface area contributed by atoms with Crippen LogP contribution in [0.25, 0.3) is 0 Å². The van der Waals surface area contributed by atoms with Crippen LogP contribution in [-0.4, -0.2) is 39.2 Å². The molecule has 0 saturated heterocycles. The van der Waals surface area contributed by atoms with E-state index < -0.39 is 4.92 Å². The van der Waals surface area contributed by atoms with E-state index in [-0.39, 0.29) is 30.1 Å². The number of aliphatic hydroxyl groups is 1. The third-order valence-electron chi connectivity index (χ3n) is 3.28. The van der Waals surface area contributed by atoms with Crippen LogP contribution in [0.1, 0.15) is 32.9 Å². The molecule has 0 amide bonds. The van der Waals surface area contributed by atoms with E-state index in [1.165, 1.54) is 0 Å². The first kappa shape index (κ1) is 17.1. The zero-order valence-electron chi connectivity index (χ0n) is 12.9. The van der Waals surface area contributed by atoms with Gasteiger partial charge in [0.05, 0.1) is 4.92 Å². The number of aromatic nitrogens is 2. The van der Waals surface area contributed by atoms with Crippen molar-refractivity contribution < 1.29 is 10.0 Å². The van der Waals surface area contributed by atoms with Gasteiger partial charge in [-0.2, -0.15) is 4.98 Å². The van der Waals surface area contributed by atoms with Gasteiger partial charge in [-0.05, 0) is 26.2 Å². The van der Waals surface area contributed by atoms with Crippen molar-refractivity contribution in [1.82, 2.24) is 9.97 Å². The fraction of sp³-hybridized carbons (Fsp3) is 0.692. The molecule has 2 atom stereocenters. The summed E-state index contributed by atoms with van der Waals surface area (Å²) in [5.41, 5.74) is 0.175. The number of hydrogen-bond acceptors (Lipinski definition) is 7. The van der Waals surface area contributed by atoms with Gasteiger partial charge in [0, 0.05) is 19.2 Å². The van der Waals surface area contributed by atoms with E-state index >= 15 is 0 Å². The second-order valence-corrected chi connectivity index (χ2v) is 5.11. The van der Waals surface area contributed by atoms with Crippen LogP contribution in [0.15, 0.2) is 0 Å². The lowest BCUT2D eigenvalue weighted by Gasteiger charge is -2.20. The minimum Gasteiger partial charge on any atom is -0.396 e. The zero-order valence-corrected chi connectivity index (χ0v) is 12.9. The predicted octanol–water partition coefficient (Wildman–Crippen LogP) is 1.94. The van der Waals surface area contributed by atoms with Crippen molar-refractivity contribution in [3.63, 3.8) is 0 Å². The first-order valence-electron chi connectivity index (χ1n) is 7.05. The first-order chi connectivity index (χ1) is 9.90. The highest BCUT2D eigenvalue weighted by atomic mass is 16.6. The Hall–Kier alpha value is -1.96. The van der Waals surface area contributed by atoms with E-state index in [2.05, 4.69) is 20.6 Å². The van der Waals surface area contributed by atoms with Crippen molar-refractivity contribution >= 4 is 17.5 Å². The number of aliphatic hydroxyl groups excluding tert-OH is 1. The van der Waals surface area contributed by atoms with Gasteiger partial charge in [0.15, 0.2) is 0 Å². The van der Waals surface area contributed by atoms with Crippen LogP contribution < -0.4 is 10.6 Å². The molecule has 1 heterocycles. The lowest BCUT2D eigenvalue weighted by molar-refractivity contribution is -0.385. The van der Waals surface area contributed by atoms with Gasteiger partial charge < -0.3 is 15.7 Å². The van der Waals surface area contributed by atoms with Crippen LogP contribution in [0.3, 0.4) is 0 Å².